The van der Waals surface area contributed by atoms with Gasteiger partial charge in [0.1, 0.15) is 16.4 Å². The fourth-order valence-electron chi connectivity index (χ4n) is 1.81. The number of nitrogens with two attached hydrogens (primary N) is 2. The average Bonchev–Trinajstić information content (AvgIpc) is 2.39. The number of aryl methyl sites for hydroxylation is 1. The average molecular weight is 313 g/mol. The number of primary sulfonamides is 1. The van der Waals surface area contributed by atoms with Crippen LogP contribution in [0.2, 0.25) is 0 Å². The highest BCUT2D eigenvalue weighted by atomic mass is 32.2. The summed E-state index contributed by atoms with van der Waals surface area (Å²) in [5, 5.41) is 7.49. The monoisotopic (exact) mass is 313 g/mol. The van der Waals surface area contributed by atoms with Crippen LogP contribution >= 0.6 is 0 Å². The number of sulfonamides is 1. The van der Waals surface area contributed by atoms with E-state index in [-0.39, 0.29) is 21.8 Å². The van der Waals surface area contributed by atoms with E-state index in [1.54, 1.807) is 0 Å². The zero-order chi connectivity index (χ0) is 15.8. The van der Waals surface area contributed by atoms with Gasteiger partial charge in [-0.05, 0) is 30.7 Å². The largest absolute Gasteiger partial charge is 0.396 e. The van der Waals surface area contributed by atoms with Crippen molar-refractivity contribution >= 4 is 27.1 Å². The highest BCUT2D eigenvalue weighted by Crippen LogP contribution is 2.31. The maximum atomic E-state index is 13.9. The number of halogens is 2. The van der Waals surface area contributed by atoms with Gasteiger partial charge in [0.2, 0.25) is 10.0 Å². The molecule has 0 fully saturated rings. The lowest BCUT2D eigenvalue weighted by atomic mass is 10.2. The molecule has 0 radical (unpaired) electrons. The van der Waals surface area contributed by atoms with Gasteiger partial charge in [0, 0.05) is 0 Å². The predicted molar refractivity (Wildman–Crippen MR) is 76.6 cm³/mol. The molecule has 2 aromatic rings. The van der Waals surface area contributed by atoms with E-state index >= 15 is 0 Å². The number of nitrogen functional groups attached to an aromatic ring is 1. The van der Waals surface area contributed by atoms with Gasteiger partial charge in [0.25, 0.3) is 0 Å². The number of anilines is 3. The van der Waals surface area contributed by atoms with Gasteiger partial charge in [-0.1, -0.05) is 12.1 Å². The van der Waals surface area contributed by atoms with Gasteiger partial charge in [-0.15, -0.1) is 0 Å². The Hall–Kier alpha value is -2.19. The van der Waals surface area contributed by atoms with Crippen molar-refractivity contribution in [3.63, 3.8) is 0 Å². The van der Waals surface area contributed by atoms with Crippen LogP contribution in [0.15, 0.2) is 35.2 Å². The van der Waals surface area contributed by atoms with Crippen molar-refractivity contribution in [2.24, 2.45) is 5.14 Å². The van der Waals surface area contributed by atoms with Gasteiger partial charge in [0.05, 0.1) is 11.4 Å². The molecule has 0 aliphatic rings. The molecule has 2 rings (SSSR count). The minimum atomic E-state index is -4.03. The molecule has 0 bridgehead atoms. The van der Waals surface area contributed by atoms with Gasteiger partial charge in [0.15, 0.2) is 5.82 Å². The van der Waals surface area contributed by atoms with Crippen LogP contribution in [0.3, 0.4) is 0 Å². The molecule has 5 nitrogen and oxygen atoms in total. The standard InChI is InChI=1S/C13H13F2N3O2S/c1-7-5-6-8(14)13(11(7)15)18-9-3-2-4-10(12(9)16)21(17,19)20/h2-6,18H,16H2,1H3,(H2,17,19,20). The molecule has 0 spiro atoms. The van der Waals surface area contributed by atoms with Crippen LogP contribution in [0.25, 0.3) is 0 Å². The van der Waals surface area contributed by atoms with Gasteiger partial charge < -0.3 is 11.1 Å². The quantitative estimate of drug-likeness (QED) is 0.757. The summed E-state index contributed by atoms with van der Waals surface area (Å²) >= 11 is 0. The maximum Gasteiger partial charge on any atom is 0.240 e. The van der Waals surface area contributed by atoms with E-state index in [1.165, 1.54) is 31.2 Å². The summed E-state index contributed by atoms with van der Waals surface area (Å²) in [7, 11) is -4.03. The second-order valence-corrected chi connectivity index (χ2v) is 5.97. The van der Waals surface area contributed by atoms with E-state index in [2.05, 4.69) is 5.32 Å². The minimum absolute atomic E-state index is 0.0462. The molecule has 21 heavy (non-hydrogen) atoms. The first-order chi connectivity index (χ1) is 9.71. The van der Waals surface area contributed by atoms with Crippen LogP contribution < -0.4 is 16.2 Å². The Bertz CT molecular complexity index is 807. The summed E-state index contributed by atoms with van der Waals surface area (Å²) in [5.41, 5.74) is 5.35. The molecule has 0 aromatic heterocycles. The third kappa shape index (κ3) is 2.96. The second kappa shape index (κ2) is 5.30. The first-order valence-electron chi connectivity index (χ1n) is 5.84. The van der Waals surface area contributed by atoms with Crippen LogP contribution in [0.4, 0.5) is 25.8 Å². The molecule has 0 unspecified atom stereocenters. The fourth-order valence-corrected chi connectivity index (χ4v) is 2.49. The third-order valence-corrected chi connectivity index (χ3v) is 3.89. The van der Waals surface area contributed by atoms with Gasteiger partial charge in [-0.3, -0.25) is 0 Å². The lowest BCUT2D eigenvalue weighted by Gasteiger charge is -2.14. The zero-order valence-electron chi connectivity index (χ0n) is 11.0. The molecule has 5 N–H and O–H groups in total. The first-order valence-corrected chi connectivity index (χ1v) is 7.39. The molecule has 0 aliphatic heterocycles. The second-order valence-electron chi connectivity index (χ2n) is 4.44. The van der Waals surface area contributed by atoms with Gasteiger partial charge >= 0.3 is 0 Å². The Labute approximate surface area is 120 Å². The molecule has 0 amide bonds. The van der Waals surface area contributed by atoms with E-state index < -0.39 is 27.3 Å². The molecule has 0 aliphatic carbocycles. The summed E-state index contributed by atoms with van der Waals surface area (Å²) in [5.74, 6) is -1.60. The van der Waals surface area contributed by atoms with Crippen LogP contribution in [-0.4, -0.2) is 8.42 Å². The Morgan fingerprint density at radius 3 is 2.43 bits per heavy atom. The zero-order valence-corrected chi connectivity index (χ0v) is 11.8. The lowest BCUT2D eigenvalue weighted by Crippen LogP contribution is -2.15. The fraction of sp³-hybridized carbons (Fsp3) is 0.0769. The van der Waals surface area contributed by atoms with Crippen molar-refractivity contribution < 1.29 is 17.2 Å². The van der Waals surface area contributed by atoms with E-state index in [0.29, 0.717) is 0 Å². The summed E-state index contributed by atoms with van der Waals surface area (Å²) < 4.78 is 50.4. The molecule has 8 heteroatoms. The molecule has 2 aromatic carbocycles. The molecule has 0 saturated heterocycles. The minimum Gasteiger partial charge on any atom is -0.396 e. The SMILES string of the molecule is Cc1ccc(F)c(Nc2cccc(S(N)(=O)=O)c2N)c1F. The Balaban J connectivity index is 2.54. The van der Waals surface area contributed by atoms with Crippen LogP contribution in [0, 0.1) is 18.6 Å². The third-order valence-electron chi connectivity index (χ3n) is 2.92. The normalized spacial score (nSPS) is 11.4. The van der Waals surface area contributed by atoms with E-state index in [0.717, 1.165) is 6.07 Å². The number of hydrogen-bond donors (Lipinski definition) is 3. The van der Waals surface area contributed by atoms with Crippen LogP contribution in [0.5, 0.6) is 0 Å². The van der Waals surface area contributed by atoms with Crippen molar-refractivity contribution in [2.75, 3.05) is 11.1 Å². The smallest absolute Gasteiger partial charge is 0.240 e. The van der Waals surface area contributed by atoms with Crippen molar-refractivity contribution in [1.82, 2.24) is 0 Å². The Morgan fingerprint density at radius 2 is 1.81 bits per heavy atom. The van der Waals surface area contributed by atoms with Gasteiger partial charge in [-0.2, -0.15) is 0 Å². The molecular formula is C13H13F2N3O2S. The number of nitrogens with one attached hydrogen (secondary N) is 1. The lowest BCUT2D eigenvalue weighted by molar-refractivity contribution is 0.585. The summed E-state index contributed by atoms with van der Waals surface area (Å²) in [4.78, 5) is -0.319. The Morgan fingerprint density at radius 1 is 1.14 bits per heavy atom. The first kappa shape index (κ1) is 15.2. The summed E-state index contributed by atoms with van der Waals surface area (Å²) in [6.45, 7) is 1.48. The highest BCUT2D eigenvalue weighted by molar-refractivity contribution is 7.89. The van der Waals surface area contributed by atoms with Crippen molar-refractivity contribution in [1.29, 1.82) is 0 Å². The molecule has 0 saturated carbocycles. The van der Waals surface area contributed by atoms with Crippen LogP contribution in [0.1, 0.15) is 5.56 Å². The number of para-hydroxylation sites is 1. The molecule has 112 valence electrons. The number of benzene rings is 2. The van der Waals surface area contributed by atoms with E-state index in [9.17, 15) is 17.2 Å². The highest BCUT2D eigenvalue weighted by Gasteiger charge is 2.17. The predicted octanol–water partition coefficient (Wildman–Crippen LogP) is 2.25. The van der Waals surface area contributed by atoms with Gasteiger partial charge in [-0.25, -0.2) is 22.3 Å². The topological polar surface area (TPSA) is 98.2 Å². The molecule has 0 heterocycles. The van der Waals surface area contributed by atoms with Crippen molar-refractivity contribution in [3.05, 3.63) is 47.5 Å². The summed E-state index contributed by atoms with van der Waals surface area (Å²) in [6, 6.07) is 6.36. The number of rotatable bonds is 3. The van der Waals surface area contributed by atoms with E-state index in [1.807, 2.05) is 0 Å². The molecule has 0 atom stereocenters. The van der Waals surface area contributed by atoms with Crippen molar-refractivity contribution in [2.45, 2.75) is 11.8 Å². The summed E-state index contributed by atoms with van der Waals surface area (Å²) in [6.07, 6.45) is 0. The molecular weight excluding hydrogens is 300 g/mol. The number of hydrogen-bond acceptors (Lipinski definition) is 4. The van der Waals surface area contributed by atoms with Crippen molar-refractivity contribution in [3.8, 4) is 0 Å². The Kier molecular flexibility index (Phi) is 3.84. The van der Waals surface area contributed by atoms with Crippen LogP contribution in [-0.2, 0) is 10.0 Å². The van der Waals surface area contributed by atoms with E-state index in [4.69, 9.17) is 10.9 Å². The maximum absolute atomic E-state index is 13.9.